The molecule has 0 spiro atoms. The van der Waals surface area contributed by atoms with E-state index in [1.165, 1.54) is 24.9 Å². The number of H-pyrrole nitrogens is 1. The number of unbranched alkanes of at least 4 members (excludes halogenated alkanes) is 1. The lowest BCUT2D eigenvalue weighted by Crippen LogP contribution is -2.61. The summed E-state index contributed by atoms with van der Waals surface area (Å²) < 4.78 is 0. The van der Waals surface area contributed by atoms with Gasteiger partial charge in [0.05, 0.1) is 44.3 Å². The SMILES string of the molecule is C=C1NC(=O)[C@@H]2CSCC[C@@H](NC(=O)[C@H](CC(C)C)NC(=O)[C@@H]3CCCN3C(=O)CNC(=O)[C@H](Cc3ccccc3)NC1=O)C(=O)N[C@@H](Cc1c[nH]c3ccccc13)C(=O)N[C@@H](CO)C(=O)N[C@H]1CSC[C@@H](NC(=O)[C@H](CCC(N)=O)NC(=O)[C@H](C(C)C)NC(=O)[C@@H](N)CSCC[C@H](C(=O)N[C@@H](CCCCN)C(=O)O)NC(=O)[C@H](CC(N)=O)NC(=O)CNC(=O)C(CC(=O)O)NC1=O)C(=O)N2. The highest BCUT2D eigenvalue weighted by molar-refractivity contribution is 7.99. The molecule has 4 aliphatic rings. The van der Waals surface area contributed by atoms with E-state index >= 15 is 38.4 Å². The van der Waals surface area contributed by atoms with Crippen LogP contribution < -0.4 is 113 Å². The zero-order valence-electron chi connectivity index (χ0n) is 75.4. The molecule has 2 aromatic carbocycles. The molecular formula is C85H121N23O25S3. The number of carbonyl (C=O) groups excluding carboxylic acids is 20. The van der Waals surface area contributed by atoms with Crippen molar-refractivity contribution in [3.8, 4) is 0 Å². The number of rotatable bonds is 22. The molecule has 20 amide bonds. The van der Waals surface area contributed by atoms with Crippen LogP contribution in [0.4, 0.5) is 0 Å². The molecule has 7 rings (SSSR count). The summed E-state index contributed by atoms with van der Waals surface area (Å²) in [5.74, 6) is -31.1. The second kappa shape index (κ2) is 54.5. The van der Waals surface area contributed by atoms with Gasteiger partial charge in [-0.15, -0.1) is 0 Å². The first kappa shape index (κ1) is 110. The number of para-hydroxylation sites is 1. The minimum absolute atomic E-state index is 0.0227. The second-order valence-corrected chi connectivity index (χ2v) is 36.9. The summed E-state index contributed by atoms with van der Waals surface area (Å²) in [7, 11) is 0. The first-order valence-corrected chi connectivity index (χ1v) is 47.5. The van der Waals surface area contributed by atoms with E-state index < -0.39 is 320 Å². The summed E-state index contributed by atoms with van der Waals surface area (Å²) >= 11 is 2.20. The highest BCUT2D eigenvalue weighted by Crippen LogP contribution is 2.24. The topological polar surface area (TPSA) is 764 Å². The number of carboxylic acids is 2. The summed E-state index contributed by atoms with van der Waals surface area (Å²) in [4.78, 5) is 320. The number of carboxylic acid groups (broad SMARTS) is 2. The fourth-order valence-electron chi connectivity index (χ4n) is 14.6. The highest BCUT2D eigenvalue weighted by Gasteiger charge is 2.42. The number of aromatic nitrogens is 1. The molecule has 16 atom stereocenters. The average molecular weight is 1960 g/mol. The molecule has 4 aliphatic heterocycles. The quantitative estimate of drug-likeness (QED) is 0.0328. The van der Waals surface area contributed by atoms with Crippen molar-refractivity contribution < 1.29 is 121 Å². The lowest BCUT2D eigenvalue weighted by molar-refractivity contribution is -0.143. The second-order valence-electron chi connectivity index (χ2n) is 33.5. The minimum atomic E-state index is -2.28. The number of nitrogens with two attached hydrogens (primary N) is 4. The fraction of sp³-hybridized carbons (Fsp3) is 0.553. The summed E-state index contributed by atoms with van der Waals surface area (Å²) in [6.07, 6.45) is -3.00. The Balaban J connectivity index is 1.40. The first-order chi connectivity index (χ1) is 64.5. The largest absolute Gasteiger partial charge is 0.481 e. The molecule has 744 valence electrons. The molecule has 4 fully saturated rings. The molecule has 5 heterocycles. The van der Waals surface area contributed by atoms with Gasteiger partial charge in [0.1, 0.15) is 90.6 Å². The normalized spacial score (nSPS) is 25.9. The molecule has 1 aromatic heterocycles. The van der Waals surface area contributed by atoms with Crippen LogP contribution in [0.25, 0.3) is 10.9 Å². The molecule has 29 N–H and O–H groups in total. The van der Waals surface area contributed by atoms with Gasteiger partial charge in [-0.1, -0.05) is 82.8 Å². The molecule has 51 heteroatoms. The number of benzene rings is 2. The zero-order chi connectivity index (χ0) is 100. The molecule has 4 bridgehead atoms. The summed E-state index contributed by atoms with van der Waals surface area (Å²) in [5.41, 5.74) is 23.8. The van der Waals surface area contributed by atoms with E-state index in [1.807, 2.05) is 0 Å². The van der Waals surface area contributed by atoms with Gasteiger partial charge >= 0.3 is 11.9 Å². The number of aromatic amines is 1. The molecule has 3 aromatic rings. The molecule has 48 nitrogen and oxygen atoms in total. The van der Waals surface area contributed by atoms with Crippen molar-refractivity contribution in [3.05, 3.63) is 84.2 Å². The number of aliphatic hydroxyl groups excluding tert-OH is 1. The molecule has 4 saturated heterocycles. The number of carbonyl (C=O) groups is 22. The third-order valence-corrected chi connectivity index (χ3v) is 25.3. The zero-order valence-corrected chi connectivity index (χ0v) is 77.8. The van der Waals surface area contributed by atoms with E-state index in [0.29, 0.717) is 46.6 Å². The monoisotopic (exact) mass is 1960 g/mol. The van der Waals surface area contributed by atoms with Crippen molar-refractivity contribution in [2.75, 3.05) is 67.3 Å². The van der Waals surface area contributed by atoms with Gasteiger partial charge in [-0.05, 0) is 105 Å². The van der Waals surface area contributed by atoms with Gasteiger partial charge in [-0.3, -0.25) is 101 Å². The van der Waals surface area contributed by atoms with Crippen LogP contribution >= 0.6 is 35.3 Å². The third kappa shape index (κ3) is 35.0. The van der Waals surface area contributed by atoms with Gasteiger partial charge < -0.3 is 139 Å². The van der Waals surface area contributed by atoms with Gasteiger partial charge in [0.25, 0.3) is 5.91 Å². The third-order valence-electron chi connectivity index (χ3n) is 22.0. The number of fused-ring (bicyclic) bond motifs is 11. The van der Waals surface area contributed by atoms with Gasteiger partial charge in [0.2, 0.25) is 112 Å². The van der Waals surface area contributed by atoms with Crippen molar-refractivity contribution in [2.45, 2.75) is 214 Å². The van der Waals surface area contributed by atoms with E-state index in [-0.39, 0.29) is 68.4 Å². The Morgan fingerprint density at radius 3 is 1.74 bits per heavy atom. The lowest BCUT2D eigenvalue weighted by Gasteiger charge is -2.29. The highest BCUT2D eigenvalue weighted by atomic mass is 32.2. The van der Waals surface area contributed by atoms with Crippen molar-refractivity contribution in [1.29, 1.82) is 0 Å². The smallest absolute Gasteiger partial charge is 0.326 e. The van der Waals surface area contributed by atoms with Crippen molar-refractivity contribution in [1.82, 2.24) is 100 Å². The van der Waals surface area contributed by atoms with Crippen molar-refractivity contribution in [3.63, 3.8) is 0 Å². The van der Waals surface area contributed by atoms with Gasteiger partial charge in [0.15, 0.2) is 0 Å². The fourth-order valence-corrected chi connectivity index (χ4v) is 17.7. The Bertz CT molecular complexity index is 4870. The molecular weight excluding hydrogens is 1840 g/mol. The number of primary amides is 2. The maximum Gasteiger partial charge on any atom is 0.326 e. The number of amides is 20. The van der Waals surface area contributed by atoms with E-state index in [2.05, 4.69) is 102 Å². The van der Waals surface area contributed by atoms with Gasteiger partial charge in [0, 0.05) is 65.9 Å². The Kier molecular flexibility index (Phi) is 44.1. The van der Waals surface area contributed by atoms with E-state index in [1.54, 1.807) is 68.4 Å². The molecule has 0 aliphatic carbocycles. The lowest BCUT2D eigenvalue weighted by atomic mass is 10.0. The summed E-state index contributed by atoms with van der Waals surface area (Å²) in [6, 6.07) is -13.8. The number of nitrogens with one attached hydrogen (secondary N) is 18. The minimum Gasteiger partial charge on any atom is -0.481 e. The molecule has 0 saturated carbocycles. The Morgan fingerprint density at radius 2 is 1.08 bits per heavy atom. The number of aliphatic carboxylic acids is 2. The summed E-state index contributed by atoms with van der Waals surface area (Å²) in [6.45, 7) is 7.05. The average Bonchev–Trinajstić information content (AvgIpc) is 1.66. The maximum atomic E-state index is 15.6. The Hall–Kier alpha value is -13.0. The summed E-state index contributed by atoms with van der Waals surface area (Å²) in [5, 5.41) is 73.2. The van der Waals surface area contributed by atoms with Crippen LogP contribution in [0.1, 0.15) is 116 Å². The molecule has 1 unspecified atom stereocenters. The van der Waals surface area contributed by atoms with Crippen LogP contribution in [-0.4, -0.2) is 319 Å². The number of hydrogen-bond acceptors (Lipinski definition) is 28. The van der Waals surface area contributed by atoms with Gasteiger partial charge in [-0.25, -0.2) is 4.79 Å². The van der Waals surface area contributed by atoms with Crippen molar-refractivity contribution in [2.24, 2.45) is 34.8 Å². The molecule has 0 radical (unpaired) electrons. The van der Waals surface area contributed by atoms with Crippen LogP contribution in [0, 0.1) is 11.8 Å². The standard InChI is InChI=1S/C85H121N23O25S3/c1-41(2)28-53-76(123)95-51-23-27-135-38-59(80(127)93-43(5)69(116)99-54(29-44-14-7-6-8-15-44)71(118)92-35-66(113)108-25-13-19-62(108)83(130)102-53)106-82(129)61-40-136-39-60(105-79(126)58(36-109)103-77(124)55(100-75(51)122)30-45-33-90-48-17-10-9-16-46(45)48)81(128)101-57(32-67(114)115)72(119)91-34-65(112)94-56(31-64(89)111)78(125)96-50(74(121)98-52(85(132)133)18-11-12-24-86)22-26-134-37-47(87)70(117)107-68(42(3)4)84(131)97-49(73(120)104-61)20-21-63(88)110/h6-10,14-17,33,41-42,47,49-62,68,90,109H,5,11-13,18-32,34-40,86-87H2,1-4H3,(H2,88,110)(H2,89,111)(H,91,119)(H,92,118)(H,93,127)(H,94,112)(H,95,123)(H,96,125)(H,97,131)(H,98,121)(H,99,116)(H,100,122)(H,101,128)(H,102,130)(H,103,124)(H,104,120)(H,105,126)(H,106,129)(H,107,117)(H,114,115)(H,132,133)/t47-,49-,50+,51+,52-,53-,54-,55-,56-,57?,58-,59-,60-,61+,62-,68-/m0/s1. The van der Waals surface area contributed by atoms with E-state index in [0.717, 1.165) is 23.5 Å². The van der Waals surface area contributed by atoms with E-state index in [4.69, 9.17) is 22.9 Å². The number of nitrogens with zero attached hydrogens (tertiary/aromatic N) is 1. The van der Waals surface area contributed by atoms with E-state index in [9.17, 15) is 82.4 Å². The van der Waals surface area contributed by atoms with Crippen LogP contribution in [0.15, 0.2) is 73.1 Å². The predicted molar refractivity (Wildman–Crippen MR) is 493 cm³/mol. The van der Waals surface area contributed by atoms with Crippen LogP contribution in [0.2, 0.25) is 0 Å². The maximum absolute atomic E-state index is 15.6. The Morgan fingerprint density at radius 1 is 0.529 bits per heavy atom. The molecule has 136 heavy (non-hydrogen) atoms. The number of aliphatic hydroxyl groups is 1. The number of hydrogen-bond donors (Lipinski definition) is 25. The van der Waals surface area contributed by atoms with Crippen LogP contribution in [0.5, 0.6) is 0 Å². The number of thioether (sulfide) groups is 3. The van der Waals surface area contributed by atoms with Crippen LogP contribution in [0.3, 0.4) is 0 Å². The van der Waals surface area contributed by atoms with Crippen LogP contribution in [-0.2, 0) is 118 Å². The predicted octanol–water partition coefficient (Wildman–Crippen LogP) is -8.53. The Labute approximate surface area is 793 Å². The van der Waals surface area contributed by atoms with Crippen molar-refractivity contribution >= 4 is 176 Å². The first-order valence-electron chi connectivity index (χ1n) is 44.0. The van der Waals surface area contributed by atoms with Gasteiger partial charge in [-0.2, -0.15) is 35.3 Å².